The van der Waals surface area contributed by atoms with Gasteiger partial charge in [-0.2, -0.15) is 13.2 Å². The van der Waals surface area contributed by atoms with E-state index < -0.39 is 23.9 Å². The summed E-state index contributed by atoms with van der Waals surface area (Å²) in [5.41, 5.74) is 0.0259. The van der Waals surface area contributed by atoms with Crippen LogP contribution < -0.4 is 5.32 Å². The Hall–Kier alpha value is -2.12. The quantitative estimate of drug-likeness (QED) is 0.275. The van der Waals surface area contributed by atoms with E-state index in [9.17, 15) is 28.2 Å². The predicted octanol–water partition coefficient (Wildman–Crippen LogP) is 5.44. The number of hydrogen-bond donors (Lipinski definition) is 3. The second kappa shape index (κ2) is 13.7. The minimum Gasteiger partial charge on any atom is -0.393 e. The number of carbonyl (C=O) groups is 1. The summed E-state index contributed by atoms with van der Waals surface area (Å²) in [4.78, 5) is 11.5. The van der Waals surface area contributed by atoms with E-state index in [0.717, 1.165) is 18.9 Å². The molecule has 3 N–H and O–H groups in total. The molecule has 0 bridgehead atoms. The van der Waals surface area contributed by atoms with E-state index in [4.69, 9.17) is 0 Å². The maximum Gasteiger partial charge on any atom is 0.416 e. The number of carbonyl (C=O) groups excluding carboxylic acids is 1. The maximum absolute atomic E-state index is 12.9. The van der Waals surface area contributed by atoms with Crippen LogP contribution in [0.25, 0.3) is 0 Å². The molecule has 0 spiro atoms. The Morgan fingerprint density at radius 1 is 1.24 bits per heavy atom. The smallest absolute Gasteiger partial charge is 0.393 e. The summed E-state index contributed by atoms with van der Waals surface area (Å²) < 4.78 is 38.7. The Balaban J connectivity index is 1.84. The van der Waals surface area contributed by atoms with Crippen molar-refractivity contribution in [1.29, 1.82) is 0 Å². The van der Waals surface area contributed by atoms with Gasteiger partial charge in [-0.05, 0) is 62.5 Å². The molecule has 5 atom stereocenters. The van der Waals surface area contributed by atoms with E-state index in [1.54, 1.807) is 6.07 Å². The zero-order chi connectivity index (χ0) is 25.1. The molecule has 0 aliphatic heterocycles. The van der Waals surface area contributed by atoms with Gasteiger partial charge >= 0.3 is 6.18 Å². The summed E-state index contributed by atoms with van der Waals surface area (Å²) in [5.74, 6) is -0.0601. The van der Waals surface area contributed by atoms with Crippen LogP contribution in [0.2, 0.25) is 0 Å². The number of halogens is 3. The third kappa shape index (κ3) is 9.26. The summed E-state index contributed by atoms with van der Waals surface area (Å²) in [6.45, 7) is 4.53. The first-order chi connectivity index (χ1) is 16.1. The van der Waals surface area contributed by atoms with E-state index >= 15 is 0 Å². The number of rotatable bonds is 12. The van der Waals surface area contributed by atoms with Gasteiger partial charge in [-0.25, -0.2) is 0 Å². The van der Waals surface area contributed by atoms with Crippen LogP contribution in [-0.4, -0.2) is 34.9 Å². The number of benzene rings is 1. The molecule has 1 aliphatic rings. The number of allylic oxidation sites excluding steroid dienone is 3. The van der Waals surface area contributed by atoms with Gasteiger partial charge in [0.25, 0.3) is 0 Å². The van der Waals surface area contributed by atoms with Gasteiger partial charge in [-0.15, -0.1) is 0 Å². The standard InChI is InChI=1S/C27H38F3NO3/c1-3-31-26(34)12-7-5-4-6-11-22-23(25(33)18-24(22)32)16-14-19(2)13-15-20-9-8-10-21(17-20)27(28,29)30/h4,6,8-10,14,16-17,19,22-25,32-33H,3,5,7,11-13,15,18H2,1-2H3,(H,31,34)/b6-4-,16-14+/t19-,22+,23+,24-,25+/m0/s1. The lowest BCUT2D eigenvalue weighted by Crippen LogP contribution is -2.21. The lowest BCUT2D eigenvalue weighted by Gasteiger charge is -2.20. The Morgan fingerprint density at radius 2 is 2.00 bits per heavy atom. The van der Waals surface area contributed by atoms with E-state index in [0.29, 0.717) is 44.2 Å². The van der Waals surface area contributed by atoms with E-state index in [2.05, 4.69) is 5.32 Å². The molecule has 1 aromatic rings. The molecular weight excluding hydrogens is 443 g/mol. The van der Waals surface area contributed by atoms with Gasteiger partial charge in [0.05, 0.1) is 17.8 Å². The Labute approximate surface area is 201 Å². The highest BCUT2D eigenvalue weighted by atomic mass is 19.4. The van der Waals surface area contributed by atoms with Crippen molar-refractivity contribution < 1.29 is 28.2 Å². The summed E-state index contributed by atoms with van der Waals surface area (Å²) >= 11 is 0. The predicted molar refractivity (Wildman–Crippen MR) is 128 cm³/mol. The number of alkyl halides is 3. The van der Waals surface area contributed by atoms with Crippen molar-refractivity contribution in [3.63, 3.8) is 0 Å². The summed E-state index contributed by atoms with van der Waals surface area (Å²) in [6, 6.07) is 5.43. The number of aliphatic hydroxyl groups is 2. The highest BCUT2D eigenvalue weighted by Crippen LogP contribution is 2.36. The fourth-order valence-electron chi connectivity index (χ4n) is 4.46. The number of hydrogen-bond acceptors (Lipinski definition) is 3. The first-order valence-electron chi connectivity index (χ1n) is 12.2. The van der Waals surface area contributed by atoms with Crippen molar-refractivity contribution in [2.75, 3.05) is 6.54 Å². The average molecular weight is 482 g/mol. The third-order valence-corrected chi connectivity index (χ3v) is 6.44. The van der Waals surface area contributed by atoms with Crippen LogP contribution in [0.3, 0.4) is 0 Å². The van der Waals surface area contributed by atoms with Crippen LogP contribution in [0.5, 0.6) is 0 Å². The molecule has 1 amide bonds. The molecule has 0 radical (unpaired) electrons. The average Bonchev–Trinajstić information content (AvgIpc) is 3.05. The second-order valence-electron chi connectivity index (χ2n) is 9.26. The molecule has 2 rings (SSSR count). The Morgan fingerprint density at radius 3 is 2.71 bits per heavy atom. The van der Waals surface area contributed by atoms with Crippen LogP contribution in [-0.2, 0) is 17.4 Å². The van der Waals surface area contributed by atoms with Gasteiger partial charge < -0.3 is 15.5 Å². The van der Waals surface area contributed by atoms with E-state index in [1.807, 2.05) is 38.2 Å². The van der Waals surface area contributed by atoms with Gasteiger partial charge in [0, 0.05) is 25.3 Å². The topological polar surface area (TPSA) is 69.6 Å². The molecule has 1 aromatic carbocycles. The number of aryl methyl sites for hydroxylation is 1. The van der Waals surface area contributed by atoms with Gasteiger partial charge in [0.15, 0.2) is 0 Å². The molecule has 0 aromatic heterocycles. The van der Waals surface area contributed by atoms with E-state index in [1.165, 1.54) is 12.1 Å². The first-order valence-corrected chi connectivity index (χ1v) is 12.2. The van der Waals surface area contributed by atoms with Gasteiger partial charge in [0.2, 0.25) is 5.91 Å². The zero-order valence-electron chi connectivity index (χ0n) is 20.1. The van der Waals surface area contributed by atoms with Gasteiger partial charge in [-0.1, -0.05) is 49.4 Å². The molecule has 34 heavy (non-hydrogen) atoms. The maximum atomic E-state index is 12.9. The van der Waals surface area contributed by atoms with Crippen LogP contribution in [0.15, 0.2) is 48.6 Å². The number of aliphatic hydroxyl groups excluding tert-OH is 2. The van der Waals surface area contributed by atoms with E-state index in [-0.39, 0.29) is 23.7 Å². The normalized spacial score (nSPS) is 24.2. The van der Waals surface area contributed by atoms with Crippen LogP contribution >= 0.6 is 0 Å². The zero-order valence-corrected chi connectivity index (χ0v) is 20.1. The first kappa shape index (κ1) is 28.1. The molecule has 190 valence electrons. The SMILES string of the molecule is CCNC(=O)CCC/C=C\C[C@@H]1[C@@H](/C=C/[C@@H](C)CCc2cccc(C(F)(F)F)c2)[C@H](O)C[C@@H]1O. The molecule has 4 nitrogen and oxygen atoms in total. The summed E-state index contributed by atoms with van der Waals surface area (Å²) in [5, 5.41) is 23.6. The number of nitrogens with one attached hydrogen (secondary N) is 1. The van der Waals surface area contributed by atoms with Crippen molar-refractivity contribution in [1.82, 2.24) is 5.32 Å². The third-order valence-electron chi connectivity index (χ3n) is 6.44. The number of unbranched alkanes of at least 4 members (excludes halogenated alkanes) is 1. The minimum atomic E-state index is -4.34. The van der Waals surface area contributed by atoms with Crippen LogP contribution in [0.4, 0.5) is 13.2 Å². The molecule has 1 fully saturated rings. The molecule has 0 unspecified atom stereocenters. The monoisotopic (exact) mass is 481 g/mol. The number of amides is 1. The Bertz CT molecular complexity index is 822. The largest absolute Gasteiger partial charge is 0.416 e. The van der Waals surface area contributed by atoms with Crippen molar-refractivity contribution in [3.8, 4) is 0 Å². The van der Waals surface area contributed by atoms with Crippen LogP contribution in [0, 0.1) is 17.8 Å². The van der Waals surface area contributed by atoms with Crippen molar-refractivity contribution in [2.24, 2.45) is 17.8 Å². The molecule has 1 saturated carbocycles. The van der Waals surface area contributed by atoms with Crippen molar-refractivity contribution >= 4 is 5.91 Å². The van der Waals surface area contributed by atoms with Crippen LogP contribution in [0.1, 0.15) is 63.5 Å². The highest BCUT2D eigenvalue weighted by molar-refractivity contribution is 5.75. The molecular formula is C27H38F3NO3. The molecule has 0 heterocycles. The Kier molecular flexibility index (Phi) is 11.3. The fraction of sp³-hybridized carbons (Fsp3) is 0.593. The molecule has 1 aliphatic carbocycles. The van der Waals surface area contributed by atoms with Crippen molar-refractivity contribution in [3.05, 3.63) is 59.7 Å². The summed E-state index contributed by atoms with van der Waals surface area (Å²) in [7, 11) is 0. The minimum absolute atomic E-state index is 0.0533. The van der Waals surface area contributed by atoms with Crippen molar-refractivity contribution in [2.45, 2.75) is 77.2 Å². The molecule has 7 heteroatoms. The lowest BCUT2D eigenvalue weighted by atomic mass is 9.88. The second-order valence-corrected chi connectivity index (χ2v) is 9.26. The lowest BCUT2D eigenvalue weighted by molar-refractivity contribution is -0.137. The van der Waals surface area contributed by atoms with Gasteiger partial charge in [0.1, 0.15) is 0 Å². The highest BCUT2D eigenvalue weighted by Gasteiger charge is 2.39. The fourth-order valence-corrected chi connectivity index (χ4v) is 4.46. The summed E-state index contributed by atoms with van der Waals surface area (Å²) in [6.07, 6.45) is 6.73. The molecule has 0 saturated heterocycles. The van der Waals surface area contributed by atoms with Gasteiger partial charge in [-0.3, -0.25) is 4.79 Å².